The van der Waals surface area contributed by atoms with Gasteiger partial charge in [-0.15, -0.1) is 11.6 Å². The van der Waals surface area contributed by atoms with Gasteiger partial charge in [0.05, 0.1) is 16.9 Å². The Balaban J connectivity index is 2.30. The number of fused-ring (bicyclic) bond motifs is 1. The van der Waals surface area contributed by atoms with Crippen LogP contribution >= 0.6 is 23.2 Å². The number of rotatable bonds is 2. The number of nitrogens with zero attached hydrogens (tertiary/aromatic N) is 2. The van der Waals surface area contributed by atoms with Crippen LogP contribution in [0.1, 0.15) is 24.7 Å². The van der Waals surface area contributed by atoms with E-state index in [4.69, 9.17) is 23.2 Å². The summed E-state index contributed by atoms with van der Waals surface area (Å²) in [6, 6.07) is 6.37. The molecule has 0 unspecified atom stereocenters. The first-order chi connectivity index (χ1) is 7.29. The molecule has 0 N–H and O–H groups in total. The molecular formula is C11H10Cl2N2. The lowest BCUT2D eigenvalue weighted by Crippen LogP contribution is -1.98. The first-order valence-corrected chi connectivity index (χ1v) is 5.93. The number of hydrogen-bond donors (Lipinski definition) is 0. The molecule has 0 amide bonds. The molecule has 1 aromatic heterocycles. The molecule has 0 bridgehead atoms. The highest BCUT2D eigenvalue weighted by Crippen LogP contribution is 2.39. The van der Waals surface area contributed by atoms with E-state index >= 15 is 0 Å². The van der Waals surface area contributed by atoms with Gasteiger partial charge in [-0.2, -0.15) is 0 Å². The molecule has 78 valence electrons. The molecule has 1 aliphatic carbocycles. The van der Waals surface area contributed by atoms with Crippen molar-refractivity contribution in [2.45, 2.75) is 24.8 Å². The van der Waals surface area contributed by atoms with Crippen molar-refractivity contribution < 1.29 is 0 Å². The van der Waals surface area contributed by atoms with Crippen LogP contribution in [0.25, 0.3) is 11.0 Å². The van der Waals surface area contributed by atoms with Gasteiger partial charge in [0, 0.05) is 11.1 Å². The first-order valence-electron chi connectivity index (χ1n) is 5.02. The molecule has 0 atom stereocenters. The maximum atomic E-state index is 5.99. The molecule has 0 saturated heterocycles. The standard InChI is InChI=1S/C11H10Cl2N2/c12-6-11-14-9-4-1-7(13)5-10(9)15(11)8-2-3-8/h1,4-5,8H,2-3,6H2. The fourth-order valence-corrected chi connectivity index (χ4v) is 2.31. The molecule has 0 radical (unpaired) electrons. The zero-order valence-electron chi connectivity index (χ0n) is 8.08. The highest BCUT2D eigenvalue weighted by atomic mass is 35.5. The van der Waals surface area contributed by atoms with Gasteiger partial charge in [0.25, 0.3) is 0 Å². The molecule has 4 heteroatoms. The van der Waals surface area contributed by atoms with Gasteiger partial charge in [0.1, 0.15) is 5.82 Å². The summed E-state index contributed by atoms with van der Waals surface area (Å²) in [4.78, 5) is 4.51. The Bertz CT molecular complexity index is 515. The minimum absolute atomic E-state index is 0.461. The third-order valence-corrected chi connectivity index (χ3v) is 3.23. The van der Waals surface area contributed by atoms with Crippen molar-refractivity contribution in [3.8, 4) is 0 Å². The number of benzene rings is 1. The summed E-state index contributed by atoms with van der Waals surface area (Å²) in [5, 5.41) is 0.755. The van der Waals surface area contributed by atoms with E-state index in [0.717, 1.165) is 21.9 Å². The van der Waals surface area contributed by atoms with Gasteiger partial charge in [-0.1, -0.05) is 11.6 Å². The molecule has 2 aromatic rings. The fourth-order valence-electron chi connectivity index (χ4n) is 1.95. The van der Waals surface area contributed by atoms with Gasteiger partial charge in [-0.3, -0.25) is 0 Å². The van der Waals surface area contributed by atoms with Gasteiger partial charge >= 0.3 is 0 Å². The van der Waals surface area contributed by atoms with Crippen molar-refractivity contribution >= 4 is 34.2 Å². The van der Waals surface area contributed by atoms with E-state index in [-0.39, 0.29) is 0 Å². The fraction of sp³-hybridized carbons (Fsp3) is 0.364. The summed E-state index contributed by atoms with van der Waals surface area (Å²) in [6.07, 6.45) is 2.45. The molecule has 1 saturated carbocycles. The second-order valence-corrected chi connectivity index (χ2v) is 4.60. The average molecular weight is 241 g/mol. The Morgan fingerprint density at radius 2 is 2.20 bits per heavy atom. The summed E-state index contributed by atoms with van der Waals surface area (Å²) in [6.45, 7) is 0. The summed E-state index contributed by atoms with van der Waals surface area (Å²) in [7, 11) is 0. The highest BCUT2D eigenvalue weighted by molar-refractivity contribution is 6.31. The summed E-state index contributed by atoms with van der Waals surface area (Å²) in [5.41, 5.74) is 2.10. The van der Waals surface area contributed by atoms with Gasteiger partial charge in [-0.05, 0) is 31.0 Å². The van der Waals surface area contributed by atoms with Gasteiger partial charge in [0.15, 0.2) is 0 Å². The number of imidazole rings is 1. The maximum absolute atomic E-state index is 5.99. The quantitative estimate of drug-likeness (QED) is 0.732. The van der Waals surface area contributed by atoms with Crippen LogP contribution in [0, 0.1) is 0 Å². The molecule has 3 rings (SSSR count). The highest BCUT2D eigenvalue weighted by Gasteiger charge is 2.27. The van der Waals surface area contributed by atoms with Crippen molar-refractivity contribution in [2.24, 2.45) is 0 Å². The zero-order chi connectivity index (χ0) is 10.4. The monoisotopic (exact) mass is 240 g/mol. The Hall–Kier alpha value is -0.730. The zero-order valence-corrected chi connectivity index (χ0v) is 9.59. The molecule has 1 aromatic carbocycles. The Morgan fingerprint density at radius 3 is 2.87 bits per heavy atom. The third-order valence-electron chi connectivity index (χ3n) is 2.76. The average Bonchev–Trinajstić information content (AvgIpc) is 2.99. The summed E-state index contributed by atoms with van der Waals surface area (Å²) < 4.78 is 2.23. The van der Waals surface area contributed by atoms with Gasteiger partial charge < -0.3 is 4.57 Å². The lowest BCUT2D eigenvalue weighted by Gasteiger charge is -2.04. The van der Waals surface area contributed by atoms with Gasteiger partial charge in [-0.25, -0.2) is 4.98 Å². The lowest BCUT2D eigenvalue weighted by atomic mass is 10.3. The lowest BCUT2D eigenvalue weighted by molar-refractivity contribution is 0.728. The Kier molecular flexibility index (Phi) is 2.15. The van der Waals surface area contributed by atoms with Gasteiger partial charge in [0.2, 0.25) is 0 Å². The molecule has 1 aliphatic rings. The van der Waals surface area contributed by atoms with Crippen LogP contribution in [0.5, 0.6) is 0 Å². The van der Waals surface area contributed by atoms with E-state index in [1.165, 1.54) is 12.8 Å². The van der Waals surface area contributed by atoms with E-state index < -0.39 is 0 Å². The summed E-state index contributed by atoms with van der Waals surface area (Å²) >= 11 is 11.9. The van der Waals surface area contributed by atoms with Crippen molar-refractivity contribution in [3.05, 3.63) is 29.0 Å². The van der Waals surface area contributed by atoms with E-state index in [1.807, 2.05) is 18.2 Å². The minimum Gasteiger partial charge on any atom is -0.324 e. The minimum atomic E-state index is 0.461. The predicted octanol–water partition coefficient (Wildman–Crippen LogP) is 3.76. The first kappa shape index (κ1) is 9.49. The Morgan fingerprint density at radius 1 is 1.40 bits per heavy atom. The second kappa shape index (κ2) is 3.39. The molecule has 1 heterocycles. The second-order valence-electron chi connectivity index (χ2n) is 3.90. The van der Waals surface area contributed by atoms with Crippen LogP contribution in [0.4, 0.5) is 0 Å². The molecular weight excluding hydrogens is 231 g/mol. The number of alkyl halides is 1. The third kappa shape index (κ3) is 1.52. The molecule has 0 aliphatic heterocycles. The predicted molar refractivity (Wildman–Crippen MR) is 62.6 cm³/mol. The van der Waals surface area contributed by atoms with E-state index in [0.29, 0.717) is 11.9 Å². The van der Waals surface area contributed by atoms with Crippen LogP contribution in [-0.2, 0) is 5.88 Å². The smallest absolute Gasteiger partial charge is 0.125 e. The number of halogens is 2. The molecule has 0 spiro atoms. The van der Waals surface area contributed by atoms with Crippen molar-refractivity contribution in [3.63, 3.8) is 0 Å². The van der Waals surface area contributed by atoms with E-state index in [2.05, 4.69) is 9.55 Å². The number of hydrogen-bond acceptors (Lipinski definition) is 1. The van der Waals surface area contributed by atoms with Crippen molar-refractivity contribution in [1.29, 1.82) is 0 Å². The Labute approximate surface area is 97.8 Å². The van der Waals surface area contributed by atoms with Crippen LogP contribution in [0.3, 0.4) is 0 Å². The number of aromatic nitrogens is 2. The summed E-state index contributed by atoms with van der Waals surface area (Å²) in [5.74, 6) is 1.42. The van der Waals surface area contributed by atoms with E-state index in [9.17, 15) is 0 Å². The van der Waals surface area contributed by atoms with Crippen LogP contribution in [-0.4, -0.2) is 9.55 Å². The van der Waals surface area contributed by atoms with Crippen LogP contribution < -0.4 is 0 Å². The molecule has 2 nitrogen and oxygen atoms in total. The van der Waals surface area contributed by atoms with Crippen LogP contribution in [0.2, 0.25) is 5.02 Å². The van der Waals surface area contributed by atoms with Crippen molar-refractivity contribution in [2.75, 3.05) is 0 Å². The molecule has 1 fully saturated rings. The van der Waals surface area contributed by atoms with Crippen molar-refractivity contribution in [1.82, 2.24) is 9.55 Å². The maximum Gasteiger partial charge on any atom is 0.125 e. The largest absolute Gasteiger partial charge is 0.324 e. The normalized spacial score (nSPS) is 16.1. The molecule has 15 heavy (non-hydrogen) atoms. The topological polar surface area (TPSA) is 17.8 Å². The van der Waals surface area contributed by atoms with E-state index in [1.54, 1.807) is 0 Å². The SMILES string of the molecule is ClCc1nc2ccc(Cl)cc2n1C1CC1. The van der Waals surface area contributed by atoms with Crippen LogP contribution in [0.15, 0.2) is 18.2 Å².